The Morgan fingerprint density at radius 2 is 2.08 bits per heavy atom. The number of hydrogen-bond donors (Lipinski definition) is 0. The highest BCUT2D eigenvalue weighted by molar-refractivity contribution is 6.30. The molecule has 1 unspecified atom stereocenters. The Kier molecular flexibility index (Phi) is 5.22. The van der Waals surface area contributed by atoms with Crippen LogP contribution in [0.3, 0.4) is 0 Å². The fourth-order valence-electron chi connectivity index (χ4n) is 3.85. The van der Waals surface area contributed by atoms with E-state index in [1.807, 2.05) is 29.2 Å². The van der Waals surface area contributed by atoms with Crippen LogP contribution in [-0.4, -0.2) is 52.0 Å². The third-order valence-corrected chi connectivity index (χ3v) is 5.42. The molecule has 6 nitrogen and oxygen atoms in total. The molecule has 0 N–H and O–H groups in total. The monoisotopic (exact) mass is 374 g/mol. The molecule has 26 heavy (non-hydrogen) atoms. The van der Waals surface area contributed by atoms with Crippen molar-refractivity contribution in [3.8, 4) is 11.4 Å². The number of halogens is 1. The lowest BCUT2D eigenvalue weighted by atomic mass is 9.96. The molecule has 0 radical (unpaired) electrons. The van der Waals surface area contributed by atoms with Gasteiger partial charge in [-0.25, -0.2) is 0 Å². The van der Waals surface area contributed by atoms with E-state index >= 15 is 0 Å². The minimum absolute atomic E-state index is 0.0946. The number of carbonyl (C=O) groups is 1. The highest BCUT2D eigenvalue weighted by Gasteiger charge is 2.31. The predicted octanol–water partition coefficient (Wildman–Crippen LogP) is 3.22. The van der Waals surface area contributed by atoms with Gasteiger partial charge in [-0.2, -0.15) is 4.98 Å². The number of rotatable bonds is 4. The second kappa shape index (κ2) is 7.76. The van der Waals surface area contributed by atoms with Gasteiger partial charge in [0.1, 0.15) is 0 Å². The van der Waals surface area contributed by atoms with Crippen molar-refractivity contribution >= 4 is 17.5 Å². The van der Waals surface area contributed by atoms with E-state index in [1.165, 1.54) is 0 Å². The number of benzene rings is 1. The minimum Gasteiger partial charge on any atom is -0.342 e. The molecule has 138 valence electrons. The van der Waals surface area contributed by atoms with Gasteiger partial charge in [0.25, 0.3) is 0 Å². The molecule has 0 spiro atoms. The summed E-state index contributed by atoms with van der Waals surface area (Å²) in [5, 5.41) is 4.71. The van der Waals surface area contributed by atoms with E-state index in [1.54, 1.807) is 0 Å². The summed E-state index contributed by atoms with van der Waals surface area (Å²) in [6, 6.07) is 7.41. The number of likely N-dealkylation sites (tertiary alicyclic amines) is 2. The standard InChI is InChI=1S/C19H23ClN4O2/c20-16-7-3-5-14(11-16)18-21-17(26-22-18)13-23-8-4-6-15(12-23)19(25)24-9-1-2-10-24/h3,5,7,11,15H,1-2,4,6,8-10,12-13H2. The number of piperidine rings is 1. The average Bonchev–Trinajstić information content (AvgIpc) is 3.33. The van der Waals surface area contributed by atoms with Crippen molar-refractivity contribution in [2.75, 3.05) is 26.2 Å². The van der Waals surface area contributed by atoms with Crippen LogP contribution in [0.1, 0.15) is 31.6 Å². The quantitative estimate of drug-likeness (QED) is 0.822. The van der Waals surface area contributed by atoms with Crippen LogP contribution in [0, 0.1) is 5.92 Å². The van der Waals surface area contributed by atoms with Gasteiger partial charge >= 0.3 is 0 Å². The van der Waals surface area contributed by atoms with E-state index in [-0.39, 0.29) is 5.92 Å². The van der Waals surface area contributed by atoms with Crippen molar-refractivity contribution in [3.05, 3.63) is 35.2 Å². The first-order chi connectivity index (χ1) is 12.7. The lowest BCUT2D eigenvalue weighted by Crippen LogP contribution is -2.43. The van der Waals surface area contributed by atoms with Gasteiger partial charge in [-0.05, 0) is 44.4 Å². The minimum atomic E-state index is 0.0946. The number of nitrogens with zero attached hydrogens (tertiary/aromatic N) is 4. The third kappa shape index (κ3) is 3.91. The molecule has 2 fully saturated rings. The summed E-state index contributed by atoms with van der Waals surface area (Å²) < 4.78 is 5.42. The van der Waals surface area contributed by atoms with Gasteiger partial charge in [-0.3, -0.25) is 9.69 Å². The van der Waals surface area contributed by atoms with Crippen molar-refractivity contribution in [2.45, 2.75) is 32.2 Å². The molecule has 0 saturated carbocycles. The molecule has 1 atom stereocenters. The maximum absolute atomic E-state index is 12.7. The van der Waals surface area contributed by atoms with E-state index in [4.69, 9.17) is 16.1 Å². The smallest absolute Gasteiger partial charge is 0.241 e. The Bertz CT molecular complexity index is 772. The second-order valence-electron chi connectivity index (χ2n) is 7.13. The maximum atomic E-state index is 12.7. The first-order valence-electron chi connectivity index (χ1n) is 9.29. The van der Waals surface area contributed by atoms with Gasteiger partial charge < -0.3 is 9.42 Å². The Hall–Kier alpha value is -1.92. The highest BCUT2D eigenvalue weighted by atomic mass is 35.5. The molecule has 0 bridgehead atoms. The molecule has 1 amide bonds. The van der Waals surface area contributed by atoms with Gasteiger partial charge in [0.15, 0.2) is 0 Å². The molecule has 2 aliphatic rings. The largest absolute Gasteiger partial charge is 0.342 e. The Morgan fingerprint density at radius 3 is 2.88 bits per heavy atom. The van der Waals surface area contributed by atoms with Crippen molar-refractivity contribution < 1.29 is 9.32 Å². The first kappa shape index (κ1) is 17.5. The predicted molar refractivity (Wildman–Crippen MR) is 98.6 cm³/mol. The zero-order valence-corrected chi connectivity index (χ0v) is 15.5. The van der Waals surface area contributed by atoms with Crippen molar-refractivity contribution in [1.29, 1.82) is 0 Å². The SMILES string of the molecule is O=C(C1CCCN(Cc2nc(-c3cccc(Cl)c3)no2)C1)N1CCCC1. The van der Waals surface area contributed by atoms with E-state index in [9.17, 15) is 4.79 Å². The molecule has 2 aromatic rings. The second-order valence-corrected chi connectivity index (χ2v) is 7.57. The van der Waals surface area contributed by atoms with Crippen molar-refractivity contribution in [2.24, 2.45) is 5.92 Å². The van der Waals surface area contributed by atoms with Crippen molar-refractivity contribution in [1.82, 2.24) is 19.9 Å². The van der Waals surface area contributed by atoms with Gasteiger partial charge in [-0.15, -0.1) is 0 Å². The van der Waals surface area contributed by atoms with Crippen LogP contribution in [0.25, 0.3) is 11.4 Å². The summed E-state index contributed by atoms with van der Waals surface area (Å²) in [7, 11) is 0. The molecule has 4 rings (SSSR count). The first-order valence-corrected chi connectivity index (χ1v) is 9.66. The van der Waals surface area contributed by atoms with E-state index in [0.29, 0.717) is 29.2 Å². The molecule has 1 aromatic carbocycles. The van der Waals surface area contributed by atoms with Crippen LogP contribution in [0.2, 0.25) is 5.02 Å². The van der Waals surface area contributed by atoms with Crippen LogP contribution >= 0.6 is 11.6 Å². The Labute approximate surface area is 158 Å². The maximum Gasteiger partial charge on any atom is 0.241 e. The number of hydrogen-bond acceptors (Lipinski definition) is 5. The lowest BCUT2D eigenvalue weighted by Gasteiger charge is -2.33. The summed E-state index contributed by atoms with van der Waals surface area (Å²) in [5.41, 5.74) is 0.841. The van der Waals surface area contributed by atoms with Gasteiger partial charge in [0.05, 0.1) is 12.5 Å². The molecule has 2 aliphatic heterocycles. The van der Waals surface area contributed by atoms with Crippen molar-refractivity contribution in [3.63, 3.8) is 0 Å². The van der Waals surface area contributed by atoms with E-state index in [0.717, 1.165) is 57.4 Å². The zero-order chi connectivity index (χ0) is 17.9. The Morgan fingerprint density at radius 1 is 1.23 bits per heavy atom. The normalized spacial score (nSPS) is 21.3. The van der Waals surface area contributed by atoms with Gasteiger partial charge in [0, 0.05) is 30.2 Å². The molecular formula is C19H23ClN4O2. The summed E-state index contributed by atoms with van der Waals surface area (Å²) in [6.07, 6.45) is 4.27. The van der Waals surface area contributed by atoms with Crippen LogP contribution in [0.4, 0.5) is 0 Å². The summed E-state index contributed by atoms with van der Waals surface area (Å²) in [4.78, 5) is 21.4. The zero-order valence-electron chi connectivity index (χ0n) is 14.7. The molecule has 3 heterocycles. The molecule has 7 heteroatoms. The van der Waals surface area contributed by atoms with Crippen LogP contribution in [0.5, 0.6) is 0 Å². The molecule has 1 aromatic heterocycles. The van der Waals surface area contributed by atoms with Crippen LogP contribution < -0.4 is 0 Å². The topological polar surface area (TPSA) is 62.5 Å². The number of amides is 1. The van der Waals surface area contributed by atoms with Crippen LogP contribution in [0.15, 0.2) is 28.8 Å². The molecular weight excluding hydrogens is 352 g/mol. The van der Waals surface area contributed by atoms with E-state index in [2.05, 4.69) is 15.0 Å². The van der Waals surface area contributed by atoms with Gasteiger partial charge in [-0.1, -0.05) is 28.9 Å². The molecule has 0 aliphatic carbocycles. The lowest BCUT2D eigenvalue weighted by molar-refractivity contribution is -0.136. The number of aromatic nitrogens is 2. The van der Waals surface area contributed by atoms with Crippen LogP contribution in [-0.2, 0) is 11.3 Å². The average molecular weight is 375 g/mol. The third-order valence-electron chi connectivity index (χ3n) is 5.18. The fraction of sp³-hybridized carbons (Fsp3) is 0.526. The molecule has 2 saturated heterocycles. The summed E-state index contributed by atoms with van der Waals surface area (Å²) >= 11 is 6.03. The van der Waals surface area contributed by atoms with E-state index < -0.39 is 0 Å². The highest BCUT2D eigenvalue weighted by Crippen LogP contribution is 2.24. The summed E-state index contributed by atoms with van der Waals surface area (Å²) in [6.45, 7) is 4.14. The number of carbonyl (C=O) groups excluding carboxylic acids is 1. The Balaban J connectivity index is 1.38. The summed E-state index contributed by atoms with van der Waals surface area (Å²) in [5.74, 6) is 1.54. The van der Waals surface area contributed by atoms with Gasteiger partial charge in [0.2, 0.25) is 17.6 Å². The fourth-order valence-corrected chi connectivity index (χ4v) is 4.04.